The molecule has 6 aromatic rings. The summed E-state index contributed by atoms with van der Waals surface area (Å²) in [6.07, 6.45) is 1.75. The summed E-state index contributed by atoms with van der Waals surface area (Å²) in [5.41, 5.74) is 3.37. The van der Waals surface area contributed by atoms with E-state index in [1.54, 1.807) is 0 Å². The van der Waals surface area contributed by atoms with Crippen LogP contribution in [0.1, 0.15) is 83.3 Å². The maximum Gasteiger partial charge on any atom is 0.423 e. The highest BCUT2D eigenvalue weighted by atomic mass is 19.4. The maximum atomic E-state index is 14.3. The van der Waals surface area contributed by atoms with Crippen LogP contribution in [0.4, 0.5) is 23.2 Å². The van der Waals surface area contributed by atoms with E-state index in [0.717, 1.165) is 84.2 Å². The van der Waals surface area contributed by atoms with Gasteiger partial charge in [0.25, 0.3) is 5.69 Å². The highest BCUT2D eigenvalue weighted by Crippen LogP contribution is 2.41. The summed E-state index contributed by atoms with van der Waals surface area (Å²) in [5.74, 6) is 0.341. The molecule has 4 aromatic carbocycles. The van der Waals surface area contributed by atoms with Crippen LogP contribution in [0.15, 0.2) is 78.9 Å². The van der Waals surface area contributed by atoms with Gasteiger partial charge in [0.1, 0.15) is 29.3 Å². The minimum Gasteiger partial charge on any atom is -0.491 e. The number of Topliss-reactive ketones (excluding diaryl/α,β-unsaturated/α-hetero) is 1. The topological polar surface area (TPSA) is 134 Å². The summed E-state index contributed by atoms with van der Waals surface area (Å²) >= 11 is 0. The second-order valence-corrected chi connectivity index (χ2v) is 15.9. The SMILES string of the molecule is O=C1CCCc2c(-c3ccc(CCCCCOCCOc4ccc(CN5CCC(O)(c6cc7cc([N+](=O)[O-])c(C(F)(F)F)cc7[nH]6)CC5)cc4)cc3)[nH]c3cc(F)cc1c23. The van der Waals surface area contributed by atoms with Crippen LogP contribution in [0.3, 0.4) is 0 Å². The number of halogens is 4. The number of nitrogens with one attached hydrogen (secondary N) is 2. The van der Waals surface area contributed by atoms with Crippen LogP contribution < -0.4 is 4.74 Å². The van der Waals surface area contributed by atoms with Crippen molar-refractivity contribution in [1.29, 1.82) is 0 Å². The Morgan fingerprint density at radius 2 is 1.60 bits per heavy atom. The molecule has 0 radical (unpaired) electrons. The summed E-state index contributed by atoms with van der Waals surface area (Å²) in [6, 6.07) is 22.3. The number of benzene rings is 4. The van der Waals surface area contributed by atoms with E-state index in [0.29, 0.717) is 75.5 Å². The van der Waals surface area contributed by atoms with Crippen molar-refractivity contribution in [3.05, 3.63) is 128 Å². The van der Waals surface area contributed by atoms with Crippen molar-refractivity contribution in [2.75, 3.05) is 32.9 Å². The largest absolute Gasteiger partial charge is 0.491 e. The van der Waals surface area contributed by atoms with Gasteiger partial charge in [0, 0.05) is 77.5 Å². The number of ether oxygens (including phenoxy) is 2. The minimum atomic E-state index is -4.89. The Morgan fingerprint density at radius 3 is 2.33 bits per heavy atom. The van der Waals surface area contributed by atoms with Gasteiger partial charge >= 0.3 is 6.18 Å². The predicted molar refractivity (Wildman–Crippen MR) is 220 cm³/mol. The Bertz CT molecular complexity index is 2500. The fourth-order valence-corrected chi connectivity index (χ4v) is 8.61. The molecule has 14 heteroatoms. The molecule has 1 aliphatic carbocycles. The first-order valence-electron chi connectivity index (χ1n) is 20.4. The van der Waals surface area contributed by atoms with Gasteiger partial charge in [-0.2, -0.15) is 13.2 Å². The highest BCUT2D eigenvalue weighted by molar-refractivity contribution is 6.11. The van der Waals surface area contributed by atoms with Gasteiger partial charge in [-0.05, 0) is 104 Å². The molecule has 0 spiro atoms. The molecular formula is C46H46F4N4O6. The molecule has 2 aliphatic rings. The molecule has 0 saturated carbocycles. The van der Waals surface area contributed by atoms with Crippen molar-refractivity contribution < 1.29 is 41.9 Å². The predicted octanol–water partition coefficient (Wildman–Crippen LogP) is 10.2. The number of nitrogens with zero attached hydrogens (tertiary/aromatic N) is 2. The molecule has 8 rings (SSSR count). The second kappa shape index (κ2) is 17.2. The number of carbonyl (C=O) groups excluding carboxylic acids is 1. The molecule has 1 saturated heterocycles. The molecule has 1 fully saturated rings. The van der Waals surface area contributed by atoms with Gasteiger partial charge in [0.15, 0.2) is 5.78 Å². The first-order chi connectivity index (χ1) is 28.8. The number of alkyl halides is 3. The Hall–Kier alpha value is -5.57. The molecule has 0 unspecified atom stereocenters. The van der Waals surface area contributed by atoms with Crippen LogP contribution in [-0.4, -0.2) is 63.6 Å². The van der Waals surface area contributed by atoms with Crippen LogP contribution in [-0.2, 0) is 35.9 Å². The van der Waals surface area contributed by atoms with Crippen molar-refractivity contribution in [3.63, 3.8) is 0 Å². The van der Waals surface area contributed by atoms with E-state index < -0.39 is 33.8 Å². The zero-order chi connectivity index (χ0) is 42.0. The van der Waals surface area contributed by atoms with Crippen LogP contribution in [0.2, 0.25) is 0 Å². The van der Waals surface area contributed by atoms with E-state index in [4.69, 9.17) is 9.47 Å². The van der Waals surface area contributed by atoms with Gasteiger partial charge in [-0.25, -0.2) is 4.39 Å². The van der Waals surface area contributed by atoms with Gasteiger partial charge in [-0.1, -0.05) is 42.8 Å². The molecule has 0 bridgehead atoms. The molecule has 0 amide bonds. The van der Waals surface area contributed by atoms with Crippen molar-refractivity contribution in [1.82, 2.24) is 14.9 Å². The zero-order valence-corrected chi connectivity index (χ0v) is 33.0. The summed E-state index contributed by atoms with van der Waals surface area (Å²) < 4.78 is 66.4. The monoisotopic (exact) mass is 826 g/mol. The number of aromatic nitrogens is 2. The number of H-pyrrole nitrogens is 2. The van der Waals surface area contributed by atoms with E-state index in [2.05, 4.69) is 39.1 Å². The standard InChI is InChI=1S/C46H46F4N4O6/c47-33-25-36-41(55)7-4-6-35-43(36)39(26-33)52-44(35)31-12-8-29(9-13-31)5-2-1-3-20-59-21-22-60-34-14-10-30(11-15-34)28-53-18-16-45(56,17-19-53)42-24-32-23-40(54(57)58)37(46(48,49)50)27-38(32)51-42/h8-15,23-27,51-52,56H,1-7,16-22,28H2. The van der Waals surface area contributed by atoms with Crippen molar-refractivity contribution >= 4 is 33.3 Å². The fourth-order valence-electron chi connectivity index (χ4n) is 8.61. The Labute approximate surface area is 343 Å². The first kappa shape index (κ1) is 41.2. The average Bonchev–Trinajstić information content (AvgIpc) is 3.78. The third-order valence-electron chi connectivity index (χ3n) is 11.8. The fraction of sp³-hybridized carbons (Fsp3) is 0.370. The van der Waals surface area contributed by atoms with E-state index >= 15 is 0 Å². The number of hydrogen-bond acceptors (Lipinski definition) is 7. The van der Waals surface area contributed by atoms with E-state index in [1.165, 1.54) is 23.8 Å². The molecule has 3 N–H and O–H groups in total. The second-order valence-electron chi connectivity index (χ2n) is 15.9. The Kier molecular flexibility index (Phi) is 11.8. The third kappa shape index (κ3) is 8.96. The Morgan fingerprint density at radius 1 is 0.850 bits per heavy atom. The number of aromatic amines is 2. The molecule has 3 heterocycles. The number of hydrogen-bond donors (Lipinski definition) is 3. The van der Waals surface area contributed by atoms with Crippen LogP contribution in [0.5, 0.6) is 5.75 Å². The highest BCUT2D eigenvalue weighted by Gasteiger charge is 2.40. The molecule has 10 nitrogen and oxygen atoms in total. The minimum absolute atomic E-state index is 0.00130. The number of ketones is 1. The number of nitro groups is 1. The van der Waals surface area contributed by atoms with E-state index in [1.807, 2.05) is 24.3 Å². The summed E-state index contributed by atoms with van der Waals surface area (Å²) in [6.45, 7) is 3.31. The molecule has 60 heavy (non-hydrogen) atoms. The van der Waals surface area contributed by atoms with E-state index in [-0.39, 0.29) is 16.7 Å². The van der Waals surface area contributed by atoms with Crippen LogP contribution in [0.25, 0.3) is 33.1 Å². The van der Waals surface area contributed by atoms with Gasteiger partial charge in [0.05, 0.1) is 11.5 Å². The third-order valence-corrected chi connectivity index (χ3v) is 11.8. The summed E-state index contributed by atoms with van der Waals surface area (Å²) in [7, 11) is 0. The maximum absolute atomic E-state index is 14.3. The lowest BCUT2D eigenvalue weighted by Gasteiger charge is -2.37. The van der Waals surface area contributed by atoms with Crippen molar-refractivity contribution in [2.24, 2.45) is 0 Å². The number of aryl methyl sites for hydroxylation is 2. The lowest BCUT2D eigenvalue weighted by Crippen LogP contribution is -2.42. The zero-order valence-electron chi connectivity index (χ0n) is 33.0. The number of nitro benzene ring substituents is 1. The Balaban J connectivity index is 0.720. The van der Waals surface area contributed by atoms with Crippen LogP contribution >= 0.6 is 0 Å². The van der Waals surface area contributed by atoms with Gasteiger partial charge in [0.2, 0.25) is 0 Å². The molecule has 1 aliphatic heterocycles. The summed E-state index contributed by atoms with van der Waals surface area (Å²) in [4.78, 5) is 31.4. The number of rotatable bonds is 15. The van der Waals surface area contributed by atoms with Gasteiger partial charge in [-0.3, -0.25) is 19.8 Å². The molecule has 2 aromatic heterocycles. The van der Waals surface area contributed by atoms with E-state index in [9.17, 15) is 37.6 Å². The van der Waals surface area contributed by atoms with Gasteiger partial charge < -0.3 is 24.5 Å². The first-order valence-corrected chi connectivity index (χ1v) is 20.4. The lowest BCUT2D eigenvalue weighted by atomic mass is 9.88. The number of fused-ring (bicyclic) bond motifs is 1. The summed E-state index contributed by atoms with van der Waals surface area (Å²) in [5, 5.41) is 23.8. The molecule has 0 atom stereocenters. The van der Waals surface area contributed by atoms with Gasteiger partial charge in [-0.15, -0.1) is 0 Å². The number of aliphatic hydroxyl groups is 1. The molecular weight excluding hydrogens is 781 g/mol. The van der Waals surface area contributed by atoms with Crippen molar-refractivity contribution in [3.8, 4) is 17.0 Å². The number of carbonyl (C=O) groups is 1. The number of unbranched alkanes of at least 4 members (excludes halogenated alkanes) is 2. The smallest absolute Gasteiger partial charge is 0.423 e. The normalized spacial score (nSPS) is 15.8. The average molecular weight is 827 g/mol. The van der Waals surface area contributed by atoms with Crippen molar-refractivity contribution in [2.45, 2.75) is 76.1 Å². The number of likely N-dealkylation sites (tertiary alicyclic amines) is 1. The van der Waals surface area contributed by atoms with Crippen LogP contribution in [0, 0.1) is 15.9 Å². The number of piperidine rings is 1. The lowest BCUT2D eigenvalue weighted by molar-refractivity contribution is -0.387. The quantitative estimate of drug-likeness (QED) is 0.0406. The molecule has 314 valence electrons.